The molecule has 0 spiro atoms. The number of aryl methyl sites for hydroxylation is 2. The van der Waals surface area contributed by atoms with Gasteiger partial charge < -0.3 is 10.4 Å². The largest absolute Gasteiger partial charge is 0.392 e. The Bertz CT molecular complexity index is 512. The number of aliphatic hydroxyl groups excluding tert-OH is 1. The average molecular weight is 271 g/mol. The first kappa shape index (κ1) is 13.8. The van der Waals surface area contributed by atoms with E-state index >= 15 is 0 Å². The van der Waals surface area contributed by atoms with E-state index in [4.69, 9.17) is 0 Å². The number of nitrogens with one attached hydrogen (secondary N) is 1. The van der Waals surface area contributed by atoms with Crippen molar-refractivity contribution in [3.05, 3.63) is 40.0 Å². The van der Waals surface area contributed by atoms with Crippen LogP contribution >= 0.6 is 0 Å². The fourth-order valence-corrected chi connectivity index (χ4v) is 3.49. The van der Waals surface area contributed by atoms with Crippen LogP contribution < -0.4 is 5.32 Å². The van der Waals surface area contributed by atoms with E-state index in [1.807, 2.05) is 0 Å². The molecule has 0 amide bonds. The Morgan fingerprint density at radius 1 is 1.30 bits per heavy atom. The second-order valence-electron chi connectivity index (χ2n) is 6.27. The van der Waals surface area contributed by atoms with Gasteiger partial charge in [0.15, 0.2) is 0 Å². The maximum atomic E-state index is 9.36. The molecule has 0 bridgehead atoms. The third-order valence-corrected chi connectivity index (χ3v) is 4.82. The summed E-state index contributed by atoms with van der Waals surface area (Å²) in [7, 11) is 0. The second kappa shape index (κ2) is 6.11. The van der Waals surface area contributed by atoms with Gasteiger partial charge in [0.2, 0.25) is 0 Å². The minimum atomic E-state index is 0.156. The predicted molar refractivity (Wildman–Crippen MR) is 83.7 cm³/mol. The molecule has 108 valence electrons. The molecule has 2 nitrogen and oxygen atoms in total. The van der Waals surface area contributed by atoms with Gasteiger partial charge in [0.05, 0.1) is 6.61 Å². The van der Waals surface area contributed by atoms with Crippen molar-refractivity contribution in [2.75, 3.05) is 6.54 Å². The molecule has 1 aromatic carbocycles. The molecule has 1 aliphatic heterocycles. The molecule has 2 N–H and O–H groups in total. The number of aliphatic hydroxyl groups is 1. The van der Waals surface area contributed by atoms with E-state index in [2.05, 4.69) is 30.4 Å². The Hall–Kier alpha value is -1.12. The van der Waals surface area contributed by atoms with Crippen molar-refractivity contribution >= 4 is 6.08 Å². The topological polar surface area (TPSA) is 32.3 Å². The zero-order valence-electron chi connectivity index (χ0n) is 12.4. The number of benzene rings is 1. The summed E-state index contributed by atoms with van der Waals surface area (Å²) in [4.78, 5) is 0. The summed E-state index contributed by atoms with van der Waals surface area (Å²) < 4.78 is 0. The van der Waals surface area contributed by atoms with Crippen LogP contribution in [0.3, 0.4) is 0 Å². The van der Waals surface area contributed by atoms with Crippen molar-refractivity contribution in [2.24, 2.45) is 0 Å². The summed E-state index contributed by atoms with van der Waals surface area (Å²) in [6, 6.07) is 5.18. The van der Waals surface area contributed by atoms with Gasteiger partial charge in [-0.3, -0.25) is 0 Å². The molecule has 0 radical (unpaired) electrons. The van der Waals surface area contributed by atoms with Gasteiger partial charge in [-0.15, -0.1) is 0 Å². The molecule has 1 heterocycles. The van der Waals surface area contributed by atoms with Crippen molar-refractivity contribution in [1.29, 1.82) is 0 Å². The molecule has 2 aliphatic rings. The molecular formula is C18H25NO. The predicted octanol–water partition coefficient (Wildman–Crippen LogP) is 3.35. The lowest BCUT2D eigenvalue weighted by atomic mass is 9.87. The molecule has 0 saturated carbocycles. The first-order valence-electron chi connectivity index (χ1n) is 7.92. The van der Waals surface area contributed by atoms with Gasteiger partial charge in [0.25, 0.3) is 0 Å². The maximum Gasteiger partial charge on any atom is 0.0684 e. The Kier molecular flexibility index (Phi) is 4.23. The molecule has 1 atom stereocenters. The lowest BCUT2D eigenvalue weighted by molar-refractivity contribution is 0.281. The maximum absolute atomic E-state index is 9.36. The second-order valence-corrected chi connectivity index (χ2v) is 6.27. The van der Waals surface area contributed by atoms with Gasteiger partial charge >= 0.3 is 0 Å². The highest BCUT2D eigenvalue weighted by Crippen LogP contribution is 2.29. The lowest BCUT2D eigenvalue weighted by Gasteiger charge is -2.20. The fourth-order valence-electron chi connectivity index (χ4n) is 3.49. The van der Waals surface area contributed by atoms with Gasteiger partial charge in [-0.1, -0.05) is 23.8 Å². The fraction of sp³-hybridized carbons (Fsp3) is 0.556. The van der Waals surface area contributed by atoms with Gasteiger partial charge in [0.1, 0.15) is 0 Å². The van der Waals surface area contributed by atoms with Gasteiger partial charge in [-0.25, -0.2) is 0 Å². The Labute approximate surface area is 121 Å². The summed E-state index contributed by atoms with van der Waals surface area (Å²) in [5.41, 5.74) is 6.67. The molecule has 20 heavy (non-hydrogen) atoms. The highest BCUT2D eigenvalue weighted by atomic mass is 16.3. The summed E-state index contributed by atoms with van der Waals surface area (Å²) in [6.45, 7) is 3.45. The SMILES string of the molecule is Cc1cc2c(cc1CO)CCC(CCC1CCCN1)=C2. The molecule has 1 unspecified atom stereocenters. The van der Waals surface area contributed by atoms with Crippen LogP contribution in [0.2, 0.25) is 0 Å². The van der Waals surface area contributed by atoms with Gasteiger partial charge in [-0.2, -0.15) is 0 Å². The number of hydrogen-bond donors (Lipinski definition) is 2. The molecule has 1 saturated heterocycles. The Morgan fingerprint density at radius 3 is 2.95 bits per heavy atom. The minimum absolute atomic E-state index is 0.156. The molecule has 1 aliphatic carbocycles. The first-order valence-corrected chi connectivity index (χ1v) is 7.92. The van der Waals surface area contributed by atoms with Crippen molar-refractivity contribution in [2.45, 2.75) is 58.1 Å². The van der Waals surface area contributed by atoms with Crippen molar-refractivity contribution in [3.8, 4) is 0 Å². The van der Waals surface area contributed by atoms with E-state index in [1.54, 1.807) is 5.57 Å². The van der Waals surface area contributed by atoms with Crippen LogP contribution in [0.25, 0.3) is 6.08 Å². The quantitative estimate of drug-likeness (QED) is 0.880. The monoisotopic (exact) mass is 271 g/mol. The third kappa shape index (κ3) is 2.97. The van der Waals surface area contributed by atoms with Gasteiger partial charge in [0, 0.05) is 6.04 Å². The molecule has 3 rings (SSSR count). The average Bonchev–Trinajstić information content (AvgIpc) is 2.97. The van der Waals surface area contributed by atoms with Crippen molar-refractivity contribution in [1.82, 2.24) is 5.32 Å². The summed E-state index contributed by atoms with van der Waals surface area (Å²) in [5.74, 6) is 0. The van der Waals surface area contributed by atoms with Gasteiger partial charge in [-0.05, 0) is 74.2 Å². The zero-order valence-corrected chi connectivity index (χ0v) is 12.4. The molecule has 2 heteroatoms. The van der Waals surface area contributed by atoms with E-state index < -0.39 is 0 Å². The molecule has 0 aromatic heterocycles. The molecule has 1 aromatic rings. The van der Waals surface area contributed by atoms with E-state index in [0.29, 0.717) is 0 Å². The number of rotatable bonds is 4. The minimum Gasteiger partial charge on any atom is -0.392 e. The molecular weight excluding hydrogens is 246 g/mol. The number of fused-ring (bicyclic) bond motifs is 1. The number of hydrogen-bond acceptors (Lipinski definition) is 2. The van der Waals surface area contributed by atoms with Crippen LogP contribution in [0.15, 0.2) is 17.7 Å². The normalized spacial score (nSPS) is 21.7. The van der Waals surface area contributed by atoms with Crippen LogP contribution in [0.1, 0.15) is 54.4 Å². The Morgan fingerprint density at radius 2 is 2.20 bits per heavy atom. The highest BCUT2D eigenvalue weighted by molar-refractivity contribution is 5.61. The van der Waals surface area contributed by atoms with E-state index in [-0.39, 0.29) is 6.61 Å². The summed E-state index contributed by atoms with van der Waals surface area (Å²) in [6.07, 6.45) is 9.92. The van der Waals surface area contributed by atoms with E-state index in [1.165, 1.54) is 55.3 Å². The summed E-state index contributed by atoms with van der Waals surface area (Å²) in [5, 5.41) is 12.9. The van der Waals surface area contributed by atoms with Crippen LogP contribution in [-0.4, -0.2) is 17.7 Å². The standard InChI is InChI=1S/C18H25NO/c1-13-9-16-10-14(5-7-18-3-2-8-19-18)4-6-15(16)11-17(13)12-20/h9-11,18-20H,2-8,12H2,1H3. The van der Waals surface area contributed by atoms with Crippen LogP contribution in [-0.2, 0) is 13.0 Å². The van der Waals surface area contributed by atoms with Crippen molar-refractivity contribution in [3.63, 3.8) is 0 Å². The van der Waals surface area contributed by atoms with Crippen LogP contribution in [0.4, 0.5) is 0 Å². The van der Waals surface area contributed by atoms with Crippen LogP contribution in [0.5, 0.6) is 0 Å². The van der Waals surface area contributed by atoms with E-state index in [0.717, 1.165) is 18.0 Å². The number of allylic oxidation sites excluding steroid dienone is 1. The zero-order chi connectivity index (χ0) is 13.9. The first-order chi connectivity index (χ1) is 9.76. The third-order valence-electron chi connectivity index (χ3n) is 4.82. The summed E-state index contributed by atoms with van der Waals surface area (Å²) >= 11 is 0. The van der Waals surface area contributed by atoms with Crippen LogP contribution in [0, 0.1) is 6.92 Å². The Balaban J connectivity index is 1.70. The van der Waals surface area contributed by atoms with E-state index in [9.17, 15) is 5.11 Å². The molecule has 1 fully saturated rings. The lowest BCUT2D eigenvalue weighted by Crippen LogP contribution is -2.21. The smallest absolute Gasteiger partial charge is 0.0684 e. The highest BCUT2D eigenvalue weighted by Gasteiger charge is 2.16. The van der Waals surface area contributed by atoms with Crippen molar-refractivity contribution < 1.29 is 5.11 Å².